The summed E-state index contributed by atoms with van der Waals surface area (Å²) in [7, 11) is 0. The van der Waals surface area contributed by atoms with E-state index < -0.39 is 0 Å². The van der Waals surface area contributed by atoms with Gasteiger partial charge >= 0.3 is 0 Å². The molecular weight excluding hydrogens is 645 g/mol. The fourth-order valence-electron chi connectivity index (χ4n) is 8.79. The van der Waals surface area contributed by atoms with Gasteiger partial charge in [0.05, 0.1) is 16.7 Å². The van der Waals surface area contributed by atoms with E-state index in [-0.39, 0.29) is 0 Å². The number of fused-ring (bicyclic) bond motifs is 2. The lowest BCUT2D eigenvalue weighted by Crippen LogP contribution is -2.04. The summed E-state index contributed by atoms with van der Waals surface area (Å²) in [6.07, 6.45) is 0. The average Bonchev–Trinajstić information content (AvgIpc) is 3.50. The minimum absolute atomic E-state index is 0.635. The lowest BCUT2D eigenvalue weighted by Gasteiger charge is -2.17. The van der Waals surface area contributed by atoms with Gasteiger partial charge < -0.3 is 4.57 Å². The molecule has 0 aliphatic heterocycles. The summed E-state index contributed by atoms with van der Waals surface area (Å²) in [4.78, 5) is 15.5. The highest BCUT2D eigenvalue weighted by Gasteiger charge is 2.26. The second kappa shape index (κ2) is 10.7. The number of hydrogen-bond acceptors (Lipinski definition) is 3. The smallest absolute Gasteiger partial charge is 0.166 e. The molecule has 1 aliphatic carbocycles. The molecule has 0 saturated carbocycles. The molecule has 2 aromatic heterocycles. The molecule has 0 fully saturated rings. The third-order valence-corrected chi connectivity index (χ3v) is 11.1. The van der Waals surface area contributed by atoms with Crippen molar-refractivity contribution in [2.45, 2.75) is 0 Å². The third-order valence-electron chi connectivity index (χ3n) is 11.1. The van der Waals surface area contributed by atoms with Crippen LogP contribution < -0.4 is 0 Å². The van der Waals surface area contributed by atoms with Gasteiger partial charge in [-0.2, -0.15) is 0 Å². The van der Waals surface area contributed by atoms with E-state index in [1.165, 1.54) is 54.2 Å². The Bertz CT molecular complexity index is 3270. The molecule has 0 bridgehead atoms. The lowest BCUT2D eigenvalue weighted by atomic mass is 9.93. The van der Waals surface area contributed by atoms with Gasteiger partial charge in [0, 0.05) is 32.8 Å². The molecule has 0 saturated heterocycles. The van der Waals surface area contributed by atoms with Gasteiger partial charge in [-0.05, 0) is 73.1 Å². The number of nitrogens with zero attached hydrogens (tertiary/aromatic N) is 4. The summed E-state index contributed by atoms with van der Waals surface area (Å²) in [5.74, 6) is 1.92. The summed E-state index contributed by atoms with van der Waals surface area (Å²) >= 11 is 0. The quantitative estimate of drug-likeness (QED) is 0.175. The topological polar surface area (TPSA) is 43.6 Å². The lowest BCUT2D eigenvalue weighted by molar-refractivity contribution is 1.07. The van der Waals surface area contributed by atoms with Gasteiger partial charge in [0.2, 0.25) is 0 Å². The first kappa shape index (κ1) is 28.5. The largest absolute Gasteiger partial charge is 0.308 e. The Morgan fingerprint density at radius 3 is 1.36 bits per heavy atom. The highest BCUT2D eigenvalue weighted by Crippen LogP contribution is 2.50. The van der Waals surface area contributed by atoms with Crippen LogP contribution in [0.15, 0.2) is 170 Å². The van der Waals surface area contributed by atoms with Crippen LogP contribution in [0, 0.1) is 0 Å². The fraction of sp³-hybridized carbons (Fsp3) is 0. The maximum atomic E-state index is 5.25. The van der Waals surface area contributed by atoms with Gasteiger partial charge in [0.25, 0.3) is 0 Å². The molecule has 0 spiro atoms. The third kappa shape index (κ3) is 4.03. The van der Waals surface area contributed by atoms with Crippen molar-refractivity contribution in [2.24, 2.45) is 0 Å². The van der Waals surface area contributed by atoms with Crippen molar-refractivity contribution < 1.29 is 0 Å². The monoisotopic (exact) mass is 672 g/mol. The molecule has 4 heteroatoms. The molecule has 12 rings (SSSR count). The SMILES string of the molecule is c1ccc(-c2nc(-c3ccccc3)nc(-c3cc4ccccc4cc3-n3c4ccc5cccc6c5c4c4c5c(ccc7cccc-6c75)ccc43)n2)cc1. The van der Waals surface area contributed by atoms with Crippen LogP contribution >= 0.6 is 0 Å². The van der Waals surface area contributed by atoms with Crippen molar-refractivity contribution in [2.75, 3.05) is 0 Å². The molecule has 0 amide bonds. The summed E-state index contributed by atoms with van der Waals surface area (Å²) in [6.45, 7) is 0. The molecule has 0 N–H and O–H groups in total. The molecule has 0 radical (unpaired) electrons. The number of benzene rings is 9. The fourth-order valence-corrected chi connectivity index (χ4v) is 8.79. The van der Waals surface area contributed by atoms with E-state index in [1.54, 1.807) is 0 Å². The average molecular weight is 673 g/mol. The van der Waals surface area contributed by atoms with E-state index >= 15 is 0 Å². The van der Waals surface area contributed by atoms with Gasteiger partial charge in [-0.15, -0.1) is 0 Å². The first-order valence-corrected chi connectivity index (χ1v) is 18.0. The molecule has 0 atom stereocenters. The van der Waals surface area contributed by atoms with E-state index in [1.807, 2.05) is 36.4 Å². The van der Waals surface area contributed by atoms with Crippen LogP contribution in [-0.4, -0.2) is 19.5 Å². The van der Waals surface area contributed by atoms with Crippen molar-refractivity contribution in [3.63, 3.8) is 0 Å². The van der Waals surface area contributed by atoms with Crippen LogP contribution in [0.25, 0.3) is 116 Å². The maximum absolute atomic E-state index is 5.25. The zero-order valence-electron chi connectivity index (χ0n) is 28.5. The summed E-state index contributed by atoms with van der Waals surface area (Å²) in [5.41, 5.74) is 8.77. The molecular formula is C49H28N4. The van der Waals surface area contributed by atoms with E-state index in [0.717, 1.165) is 44.2 Å². The molecule has 11 aromatic rings. The van der Waals surface area contributed by atoms with Crippen LogP contribution in [0.2, 0.25) is 0 Å². The normalized spacial score (nSPS) is 12.2. The number of rotatable bonds is 4. The zero-order chi connectivity index (χ0) is 34.6. The first-order chi connectivity index (χ1) is 26.3. The van der Waals surface area contributed by atoms with Crippen molar-refractivity contribution in [3.05, 3.63) is 170 Å². The van der Waals surface area contributed by atoms with E-state index in [9.17, 15) is 0 Å². The molecule has 2 heterocycles. The van der Waals surface area contributed by atoms with Crippen LogP contribution in [0.3, 0.4) is 0 Å². The summed E-state index contributed by atoms with van der Waals surface area (Å²) in [5, 5.41) is 12.5. The van der Waals surface area contributed by atoms with Gasteiger partial charge in [0.15, 0.2) is 17.5 Å². The molecule has 244 valence electrons. The van der Waals surface area contributed by atoms with E-state index in [0.29, 0.717) is 17.5 Å². The highest BCUT2D eigenvalue weighted by atomic mass is 15.1. The Labute approximate surface area is 304 Å². The predicted molar refractivity (Wildman–Crippen MR) is 219 cm³/mol. The summed E-state index contributed by atoms with van der Waals surface area (Å²) < 4.78 is 2.46. The zero-order valence-corrected chi connectivity index (χ0v) is 28.5. The van der Waals surface area contributed by atoms with Crippen LogP contribution in [0.5, 0.6) is 0 Å². The molecule has 53 heavy (non-hydrogen) atoms. The van der Waals surface area contributed by atoms with Gasteiger partial charge in [0.1, 0.15) is 0 Å². The standard InChI is InChI=1S/C49H28N4/c1-3-11-32(12-4-1)47-50-48(33-13-5-2-6-14-33)52-49(51-47)38-27-34-15-7-8-16-35(34)28-41(38)53-39-25-23-30-18-10-20-37-36-19-9-17-29-21-22-31-24-26-40(53)46(44(31)42(29)36)45(39)43(30)37/h1-28H. The first-order valence-electron chi connectivity index (χ1n) is 18.0. The van der Waals surface area contributed by atoms with Crippen LogP contribution in [-0.2, 0) is 0 Å². The van der Waals surface area contributed by atoms with Crippen molar-refractivity contribution >= 4 is 64.9 Å². The molecule has 4 nitrogen and oxygen atoms in total. The number of aromatic nitrogens is 4. The van der Waals surface area contributed by atoms with Crippen LogP contribution in [0.1, 0.15) is 0 Å². The minimum Gasteiger partial charge on any atom is -0.308 e. The van der Waals surface area contributed by atoms with Crippen LogP contribution in [0.4, 0.5) is 0 Å². The second-order valence-corrected chi connectivity index (χ2v) is 14.0. The Hall–Kier alpha value is -7.17. The Morgan fingerprint density at radius 2 is 0.755 bits per heavy atom. The Balaban J connectivity index is 1.26. The highest BCUT2D eigenvalue weighted by molar-refractivity contribution is 6.38. The maximum Gasteiger partial charge on any atom is 0.166 e. The van der Waals surface area contributed by atoms with E-state index in [4.69, 9.17) is 15.0 Å². The second-order valence-electron chi connectivity index (χ2n) is 14.0. The Morgan fingerprint density at radius 1 is 0.302 bits per heavy atom. The molecule has 0 unspecified atom stereocenters. The van der Waals surface area contributed by atoms with Gasteiger partial charge in [-0.1, -0.05) is 146 Å². The summed E-state index contributed by atoms with van der Waals surface area (Å²) in [6, 6.07) is 60.8. The predicted octanol–water partition coefficient (Wildman–Crippen LogP) is 12.6. The Kier molecular flexibility index (Phi) is 5.74. The molecule has 9 aromatic carbocycles. The van der Waals surface area contributed by atoms with E-state index in [2.05, 4.69) is 138 Å². The van der Waals surface area contributed by atoms with Crippen molar-refractivity contribution in [1.29, 1.82) is 0 Å². The van der Waals surface area contributed by atoms with Gasteiger partial charge in [-0.3, -0.25) is 0 Å². The minimum atomic E-state index is 0.635. The van der Waals surface area contributed by atoms with Crippen molar-refractivity contribution in [3.8, 4) is 51.0 Å². The molecule has 1 aliphatic rings. The van der Waals surface area contributed by atoms with Crippen molar-refractivity contribution in [1.82, 2.24) is 19.5 Å². The number of hydrogen-bond donors (Lipinski definition) is 0. The van der Waals surface area contributed by atoms with Gasteiger partial charge in [-0.25, -0.2) is 15.0 Å².